The highest BCUT2D eigenvalue weighted by atomic mass is 35.5. The van der Waals surface area contributed by atoms with Crippen molar-refractivity contribution in [1.82, 2.24) is 4.98 Å². The average Bonchev–Trinajstić information content (AvgIpc) is 2.57. The first-order chi connectivity index (χ1) is 8.54. The largest absolute Gasteiger partial charge is 0.362 e. The lowest BCUT2D eigenvalue weighted by atomic mass is 10.1. The molecule has 0 aliphatic heterocycles. The highest BCUT2D eigenvalue weighted by Crippen LogP contribution is 2.16. The maximum Gasteiger partial charge on any atom is 0.228 e. The molecule has 2 rings (SSSR count). The predicted molar refractivity (Wildman–Crippen MR) is 74.1 cm³/mol. The molecular weight excluding hydrogens is 248 g/mol. The Bertz CT molecular complexity index is 575. The van der Waals surface area contributed by atoms with Crippen LogP contribution in [0.1, 0.15) is 17.0 Å². The van der Waals surface area contributed by atoms with Crippen LogP contribution < -0.4 is 5.32 Å². The lowest BCUT2D eigenvalue weighted by molar-refractivity contribution is -0.115. The van der Waals surface area contributed by atoms with Gasteiger partial charge in [0.15, 0.2) is 0 Å². The standard InChI is InChI=1S/C14H15ClN2O/c1-9-6-11(10(2)16-9)7-14(18)17-13-5-3-4-12(15)8-13/h3-6,8,16H,7H2,1-2H3,(H,17,18). The second-order valence-electron chi connectivity index (χ2n) is 4.34. The Hall–Kier alpha value is -1.74. The molecule has 2 aromatic rings. The first kappa shape index (κ1) is 12.7. The van der Waals surface area contributed by atoms with Crippen LogP contribution in [0, 0.1) is 13.8 Å². The van der Waals surface area contributed by atoms with Gasteiger partial charge in [0.25, 0.3) is 0 Å². The van der Waals surface area contributed by atoms with E-state index in [0.29, 0.717) is 11.4 Å². The third kappa shape index (κ3) is 3.14. The molecule has 18 heavy (non-hydrogen) atoms. The van der Waals surface area contributed by atoms with E-state index in [1.54, 1.807) is 12.1 Å². The Morgan fingerprint density at radius 1 is 1.33 bits per heavy atom. The Labute approximate surface area is 111 Å². The Kier molecular flexibility index (Phi) is 3.72. The molecule has 0 saturated carbocycles. The van der Waals surface area contributed by atoms with Gasteiger partial charge < -0.3 is 10.3 Å². The zero-order chi connectivity index (χ0) is 13.1. The lowest BCUT2D eigenvalue weighted by Crippen LogP contribution is -2.14. The number of anilines is 1. The number of H-pyrrole nitrogens is 1. The van der Waals surface area contributed by atoms with Gasteiger partial charge in [0.2, 0.25) is 5.91 Å². The second kappa shape index (κ2) is 5.27. The minimum Gasteiger partial charge on any atom is -0.362 e. The fourth-order valence-electron chi connectivity index (χ4n) is 1.91. The summed E-state index contributed by atoms with van der Waals surface area (Å²) in [5.74, 6) is -0.0423. The molecule has 0 radical (unpaired) electrons. The number of nitrogens with one attached hydrogen (secondary N) is 2. The van der Waals surface area contributed by atoms with Crippen LogP contribution >= 0.6 is 11.6 Å². The van der Waals surface area contributed by atoms with Gasteiger partial charge in [-0.3, -0.25) is 4.79 Å². The van der Waals surface area contributed by atoms with E-state index in [0.717, 1.165) is 22.6 Å². The number of carbonyl (C=O) groups is 1. The van der Waals surface area contributed by atoms with Crippen LogP contribution in [0.2, 0.25) is 5.02 Å². The molecule has 1 aromatic heterocycles. The summed E-state index contributed by atoms with van der Waals surface area (Å²) < 4.78 is 0. The fraction of sp³-hybridized carbons (Fsp3) is 0.214. The Balaban J connectivity index is 2.03. The van der Waals surface area contributed by atoms with Crippen molar-refractivity contribution in [1.29, 1.82) is 0 Å². The van der Waals surface area contributed by atoms with Gasteiger partial charge in [-0.05, 0) is 43.7 Å². The normalized spacial score (nSPS) is 10.4. The zero-order valence-corrected chi connectivity index (χ0v) is 11.1. The molecule has 0 aliphatic carbocycles. The third-order valence-electron chi connectivity index (χ3n) is 2.72. The van der Waals surface area contributed by atoms with Gasteiger partial charge in [-0.15, -0.1) is 0 Å². The molecule has 0 spiro atoms. The number of aromatic amines is 1. The summed E-state index contributed by atoms with van der Waals surface area (Å²) in [4.78, 5) is 15.1. The van der Waals surface area contributed by atoms with Gasteiger partial charge in [0.05, 0.1) is 6.42 Å². The number of hydrogen-bond acceptors (Lipinski definition) is 1. The molecule has 1 aromatic carbocycles. The minimum absolute atomic E-state index is 0.0423. The van der Waals surface area contributed by atoms with Crippen LogP contribution in [0.3, 0.4) is 0 Å². The zero-order valence-electron chi connectivity index (χ0n) is 10.4. The summed E-state index contributed by atoms with van der Waals surface area (Å²) >= 11 is 5.86. The molecule has 1 heterocycles. The highest BCUT2D eigenvalue weighted by molar-refractivity contribution is 6.30. The fourth-order valence-corrected chi connectivity index (χ4v) is 2.10. The lowest BCUT2D eigenvalue weighted by Gasteiger charge is -2.05. The molecule has 3 nitrogen and oxygen atoms in total. The molecule has 0 saturated heterocycles. The molecule has 0 bridgehead atoms. The summed E-state index contributed by atoms with van der Waals surface area (Å²) in [5.41, 5.74) is 3.84. The van der Waals surface area contributed by atoms with E-state index in [2.05, 4.69) is 10.3 Å². The molecule has 0 atom stereocenters. The molecule has 4 heteroatoms. The molecule has 0 unspecified atom stereocenters. The number of amides is 1. The van der Waals surface area contributed by atoms with Gasteiger partial charge in [-0.25, -0.2) is 0 Å². The van der Waals surface area contributed by atoms with E-state index < -0.39 is 0 Å². The average molecular weight is 263 g/mol. The minimum atomic E-state index is -0.0423. The molecule has 0 fully saturated rings. The van der Waals surface area contributed by atoms with Crippen LogP contribution in [0.15, 0.2) is 30.3 Å². The number of rotatable bonds is 3. The van der Waals surface area contributed by atoms with Crippen LogP contribution in [-0.4, -0.2) is 10.9 Å². The van der Waals surface area contributed by atoms with Crippen LogP contribution in [-0.2, 0) is 11.2 Å². The summed E-state index contributed by atoms with van der Waals surface area (Å²) in [6.45, 7) is 3.94. The number of halogens is 1. The van der Waals surface area contributed by atoms with Crippen LogP contribution in [0.5, 0.6) is 0 Å². The number of aryl methyl sites for hydroxylation is 2. The van der Waals surface area contributed by atoms with Crippen LogP contribution in [0.25, 0.3) is 0 Å². The topological polar surface area (TPSA) is 44.9 Å². The number of benzene rings is 1. The SMILES string of the molecule is Cc1cc(CC(=O)Nc2cccc(Cl)c2)c(C)[nH]1. The van der Waals surface area contributed by atoms with Crippen molar-refractivity contribution in [2.45, 2.75) is 20.3 Å². The van der Waals surface area contributed by atoms with E-state index in [4.69, 9.17) is 11.6 Å². The van der Waals surface area contributed by atoms with Crippen molar-refractivity contribution in [2.75, 3.05) is 5.32 Å². The maximum absolute atomic E-state index is 11.9. The number of hydrogen-bond donors (Lipinski definition) is 2. The van der Waals surface area contributed by atoms with Gasteiger partial charge in [-0.2, -0.15) is 0 Å². The smallest absolute Gasteiger partial charge is 0.228 e. The van der Waals surface area contributed by atoms with Gasteiger partial charge >= 0.3 is 0 Å². The summed E-state index contributed by atoms with van der Waals surface area (Å²) in [6.07, 6.45) is 0.364. The van der Waals surface area contributed by atoms with E-state index in [1.165, 1.54) is 0 Å². The van der Waals surface area contributed by atoms with Gasteiger partial charge in [-0.1, -0.05) is 17.7 Å². The second-order valence-corrected chi connectivity index (χ2v) is 4.77. The molecular formula is C14H15ClN2O. The third-order valence-corrected chi connectivity index (χ3v) is 2.95. The van der Waals surface area contributed by atoms with Crippen molar-refractivity contribution in [3.05, 3.63) is 52.3 Å². The first-order valence-corrected chi connectivity index (χ1v) is 6.13. The van der Waals surface area contributed by atoms with E-state index in [-0.39, 0.29) is 5.91 Å². The monoisotopic (exact) mass is 262 g/mol. The molecule has 1 amide bonds. The quantitative estimate of drug-likeness (QED) is 0.874. The van der Waals surface area contributed by atoms with Crippen molar-refractivity contribution >= 4 is 23.2 Å². The van der Waals surface area contributed by atoms with Crippen molar-refractivity contribution in [2.24, 2.45) is 0 Å². The maximum atomic E-state index is 11.9. The number of carbonyl (C=O) groups excluding carboxylic acids is 1. The Morgan fingerprint density at radius 3 is 2.72 bits per heavy atom. The molecule has 0 aliphatic rings. The van der Waals surface area contributed by atoms with Crippen molar-refractivity contribution < 1.29 is 4.79 Å². The summed E-state index contributed by atoms with van der Waals surface area (Å²) in [6, 6.07) is 9.13. The van der Waals surface area contributed by atoms with E-state index in [1.807, 2.05) is 32.0 Å². The summed E-state index contributed by atoms with van der Waals surface area (Å²) in [5, 5.41) is 3.44. The highest BCUT2D eigenvalue weighted by Gasteiger charge is 2.08. The van der Waals surface area contributed by atoms with Crippen molar-refractivity contribution in [3.8, 4) is 0 Å². The van der Waals surface area contributed by atoms with Gasteiger partial charge in [0.1, 0.15) is 0 Å². The van der Waals surface area contributed by atoms with Crippen molar-refractivity contribution in [3.63, 3.8) is 0 Å². The van der Waals surface area contributed by atoms with Gasteiger partial charge in [0, 0.05) is 22.1 Å². The first-order valence-electron chi connectivity index (χ1n) is 5.75. The number of aromatic nitrogens is 1. The molecule has 2 N–H and O–H groups in total. The van der Waals surface area contributed by atoms with Crippen LogP contribution in [0.4, 0.5) is 5.69 Å². The Morgan fingerprint density at radius 2 is 2.11 bits per heavy atom. The summed E-state index contributed by atoms with van der Waals surface area (Å²) in [7, 11) is 0. The predicted octanol–water partition coefficient (Wildman–Crippen LogP) is 3.47. The van der Waals surface area contributed by atoms with E-state index in [9.17, 15) is 4.79 Å². The molecule has 94 valence electrons. The van der Waals surface area contributed by atoms with E-state index >= 15 is 0 Å².